The quantitative estimate of drug-likeness (QED) is 0.909. The van der Waals surface area contributed by atoms with Crippen LogP contribution in [0.5, 0.6) is 0 Å². The summed E-state index contributed by atoms with van der Waals surface area (Å²) >= 11 is 0. The average molecular weight is 316 g/mol. The second kappa shape index (κ2) is 6.98. The highest BCUT2D eigenvalue weighted by Crippen LogP contribution is 2.19. The van der Waals surface area contributed by atoms with Crippen LogP contribution in [0.2, 0.25) is 0 Å². The number of aromatic nitrogens is 1. The lowest BCUT2D eigenvalue weighted by molar-refractivity contribution is -0.136. The minimum absolute atomic E-state index is 0.0251. The number of nitrogens with zero attached hydrogens (tertiary/aromatic N) is 3. The molecule has 0 aromatic carbocycles. The van der Waals surface area contributed by atoms with Crippen LogP contribution in [0.15, 0.2) is 18.3 Å². The van der Waals surface area contributed by atoms with Gasteiger partial charge in [-0.3, -0.25) is 9.59 Å². The first-order chi connectivity index (χ1) is 11.1. The van der Waals surface area contributed by atoms with Crippen molar-refractivity contribution in [3.05, 3.63) is 23.9 Å². The fraction of sp³-hybridized carbons (Fsp3) is 0.588. The van der Waals surface area contributed by atoms with E-state index in [9.17, 15) is 9.59 Å². The number of hydrogen-bond acceptors (Lipinski definition) is 4. The van der Waals surface area contributed by atoms with Gasteiger partial charge in [0, 0.05) is 39.3 Å². The van der Waals surface area contributed by atoms with Crippen molar-refractivity contribution >= 4 is 17.6 Å². The zero-order chi connectivity index (χ0) is 16.2. The van der Waals surface area contributed by atoms with Crippen molar-refractivity contribution < 1.29 is 9.59 Å². The highest BCUT2D eigenvalue weighted by atomic mass is 16.2. The summed E-state index contributed by atoms with van der Waals surface area (Å²) in [5, 5.41) is 2.96. The van der Waals surface area contributed by atoms with Gasteiger partial charge in [0.2, 0.25) is 11.8 Å². The van der Waals surface area contributed by atoms with Gasteiger partial charge in [-0.1, -0.05) is 0 Å². The van der Waals surface area contributed by atoms with E-state index < -0.39 is 0 Å². The standard InChI is InChI=1S/C17H24N4O2/c1-13(22)21-10-4-5-15(21)17(23)19-12-14-6-7-18-16(11-14)20-8-2-3-9-20/h6-7,11,15H,2-5,8-10,12H2,1H3,(H,19,23)/t15-/m1/s1. The van der Waals surface area contributed by atoms with Crippen molar-refractivity contribution in [2.24, 2.45) is 0 Å². The van der Waals surface area contributed by atoms with Gasteiger partial charge in [-0.25, -0.2) is 4.98 Å². The van der Waals surface area contributed by atoms with Gasteiger partial charge in [0.15, 0.2) is 0 Å². The number of anilines is 1. The van der Waals surface area contributed by atoms with Gasteiger partial charge in [-0.2, -0.15) is 0 Å². The molecule has 0 radical (unpaired) electrons. The molecule has 6 nitrogen and oxygen atoms in total. The van der Waals surface area contributed by atoms with Gasteiger partial charge < -0.3 is 15.1 Å². The van der Waals surface area contributed by atoms with Gasteiger partial charge in [0.05, 0.1) is 0 Å². The van der Waals surface area contributed by atoms with Crippen LogP contribution >= 0.6 is 0 Å². The Bertz CT molecular complexity index is 584. The van der Waals surface area contributed by atoms with Gasteiger partial charge in [0.25, 0.3) is 0 Å². The summed E-state index contributed by atoms with van der Waals surface area (Å²) < 4.78 is 0. The molecule has 1 atom stereocenters. The Morgan fingerprint density at radius 3 is 2.78 bits per heavy atom. The van der Waals surface area contributed by atoms with Crippen molar-refractivity contribution in [2.75, 3.05) is 24.5 Å². The Kier molecular flexibility index (Phi) is 4.79. The number of likely N-dealkylation sites (tertiary alicyclic amines) is 1. The molecule has 2 aliphatic heterocycles. The lowest BCUT2D eigenvalue weighted by Gasteiger charge is -2.22. The maximum absolute atomic E-state index is 12.3. The molecule has 124 valence electrons. The number of hydrogen-bond donors (Lipinski definition) is 1. The number of nitrogens with one attached hydrogen (secondary N) is 1. The van der Waals surface area contributed by atoms with Gasteiger partial charge in [0.1, 0.15) is 11.9 Å². The Morgan fingerprint density at radius 2 is 2.04 bits per heavy atom. The SMILES string of the molecule is CC(=O)N1CCC[C@@H]1C(=O)NCc1ccnc(N2CCCC2)c1. The highest BCUT2D eigenvalue weighted by Gasteiger charge is 2.32. The average Bonchev–Trinajstić information content (AvgIpc) is 3.23. The summed E-state index contributed by atoms with van der Waals surface area (Å²) in [6, 6.07) is 3.66. The van der Waals surface area contributed by atoms with E-state index in [2.05, 4.69) is 15.2 Å². The second-order valence-corrected chi connectivity index (χ2v) is 6.30. The summed E-state index contributed by atoms with van der Waals surface area (Å²) in [5.41, 5.74) is 1.04. The molecule has 0 spiro atoms. The molecular weight excluding hydrogens is 292 g/mol. The topological polar surface area (TPSA) is 65.5 Å². The Balaban J connectivity index is 1.58. The number of pyridine rings is 1. The van der Waals surface area contributed by atoms with E-state index in [1.165, 1.54) is 19.8 Å². The van der Waals surface area contributed by atoms with Crippen molar-refractivity contribution in [2.45, 2.75) is 45.2 Å². The molecule has 3 rings (SSSR count). The van der Waals surface area contributed by atoms with E-state index in [4.69, 9.17) is 0 Å². The van der Waals surface area contributed by atoms with E-state index >= 15 is 0 Å². The number of carbonyl (C=O) groups is 2. The van der Waals surface area contributed by atoms with Gasteiger partial charge >= 0.3 is 0 Å². The molecule has 2 fully saturated rings. The highest BCUT2D eigenvalue weighted by molar-refractivity contribution is 5.87. The van der Waals surface area contributed by atoms with Gasteiger partial charge in [-0.15, -0.1) is 0 Å². The molecule has 2 saturated heterocycles. The van der Waals surface area contributed by atoms with E-state index in [1.54, 1.807) is 11.1 Å². The summed E-state index contributed by atoms with van der Waals surface area (Å²) in [4.78, 5) is 32.3. The number of carbonyl (C=O) groups excluding carboxylic acids is 2. The molecular formula is C17H24N4O2. The smallest absolute Gasteiger partial charge is 0.243 e. The van der Waals surface area contributed by atoms with E-state index in [-0.39, 0.29) is 17.9 Å². The molecule has 2 aliphatic rings. The van der Waals surface area contributed by atoms with Crippen LogP contribution in [0.25, 0.3) is 0 Å². The molecule has 1 N–H and O–H groups in total. The number of amides is 2. The number of rotatable bonds is 4. The van der Waals surface area contributed by atoms with Crippen molar-refractivity contribution in [1.82, 2.24) is 15.2 Å². The fourth-order valence-corrected chi connectivity index (χ4v) is 3.41. The van der Waals surface area contributed by atoms with Crippen LogP contribution in [0.4, 0.5) is 5.82 Å². The Morgan fingerprint density at radius 1 is 1.26 bits per heavy atom. The van der Waals surface area contributed by atoms with E-state index in [0.29, 0.717) is 13.1 Å². The Hall–Kier alpha value is -2.11. The zero-order valence-corrected chi connectivity index (χ0v) is 13.6. The third kappa shape index (κ3) is 3.63. The molecule has 0 aliphatic carbocycles. The summed E-state index contributed by atoms with van der Waals surface area (Å²) in [7, 11) is 0. The first-order valence-corrected chi connectivity index (χ1v) is 8.40. The second-order valence-electron chi connectivity index (χ2n) is 6.30. The Labute approximate surface area is 136 Å². The van der Waals surface area contributed by atoms with Crippen LogP contribution in [0.1, 0.15) is 38.2 Å². The minimum atomic E-state index is -0.313. The fourth-order valence-electron chi connectivity index (χ4n) is 3.41. The van der Waals surface area contributed by atoms with Crippen LogP contribution in [-0.2, 0) is 16.1 Å². The molecule has 0 bridgehead atoms. The van der Waals surface area contributed by atoms with Crippen LogP contribution < -0.4 is 10.2 Å². The first kappa shape index (κ1) is 15.8. The molecule has 0 unspecified atom stereocenters. The summed E-state index contributed by atoms with van der Waals surface area (Å²) in [6.45, 7) is 4.79. The molecule has 1 aromatic heterocycles. The maximum Gasteiger partial charge on any atom is 0.243 e. The van der Waals surface area contributed by atoms with Crippen molar-refractivity contribution in [1.29, 1.82) is 0 Å². The van der Waals surface area contributed by atoms with E-state index in [0.717, 1.165) is 37.3 Å². The third-order valence-corrected chi connectivity index (χ3v) is 4.67. The predicted octanol–water partition coefficient (Wildman–Crippen LogP) is 1.31. The molecule has 23 heavy (non-hydrogen) atoms. The molecule has 1 aromatic rings. The van der Waals surface area contributed by atoms with Crippen LogP contribution in [0.3, 0.4) is 0 Å². The lowest BCUT2D eigenvalue weighted by atomic mass is 10.2. The first-order valence-electron chi connectivity index (χ1n) is 8.40. The van der Waals surface area contributed by atoms with Crippen molar-refractivity contribution in [3.63, 3.8) is 0 Å². The molecule has 2 amide bonds. The van der Waals surface area contributed by atoms with Crippen LogP contribution in [-0.4, -0.2) is 47.4 Å². The third-order valence-electron chi connectivity index (χ3n) is 4.67. The molecule has 6 heteroatoms. The largest absolute Gasteiger partial charge is 0.357 e. The zero-order valence-electron chi connectivity index (χ0n) is 13.6. The van der Waals surface area contributed by atoms with Crippen molar-refractivity contribution in [3.8, 4) is 0 Å². The van der Waals surface area contributed by atoms with Crippen LogP contribution in [0, 0.1) is 0 Å². The van der Waals surface area contributed by atoms with E-state index in [1.807, 2.05) is 12.1 Å². The maximum atomic E-state index is 12.3. The minimum Gasteiger partial charge on any atom is -0.357 e. The molecule has 0 saturated carbocycles. The van der Waals surface area contributed by atoms with Gasteiger partial charge in [-0.05, 0) is 43.4 Å². The lowest BCUT2D eigenvalue weighted by Crippen LogP contribution is -2.44. The monoisotopic (exact) mass is 316 g/mol. The predicted molar refractivity (Wildman–Crippen MR) is 87.9 cm³/mol. The normalized spacial score (nSPS) is 20.8. The molecule has 3 heterocycles. The summed E-state index contributed by atoms with van der Waals surface area (Å²) in [6.07, 6.45) is 5.87. The summed E-state index contributed by atoms with van der Waals surface area (Å²) in [5.74, 6) is 0.903.